The predicted molar refractivity (Wildman–Crippen MR) is 124 cm³/mol. The number of esters is 1. The second-order valence-electron chi connectivity index (χ2n) is 9.12. The molecule has 0 radical (unpaired) electrons. The third kappa shape index (κ3) is 6.10. The summed E-state index contributed by atoms with van der Waals surface area (Å²) in [5.41, 5.74) is 2.09. The van der Waals surface area contributed by atoms with E-state index in [1.807, 2.05) is 24.3 Å². The zero-order valence-corrected chi connectivity index (χ0v) is 19.7. The summed E-state index contributed by atoms with van der Waals surface area (Å²) in [6.07, 6.45) is 3.38. The first kappa shape index (κ1) is 24.0. The highest BCUT2D eigenvalue weighted by Gasteiger charge is 2.25. The molecular weight excluding hydrogens is 372 g/mol. The van der Waals surface area contributed by atoms with Gasteiger partial charge in [-0.3, -0.25) is 4.79 Å². The Hall–Kier alpha value is -2.29. The molecule has 0 spiro atoms. The second-order valence-corrected chi connectivity index (χ2v) is 9.12. The first-order valence-corrected chi connectivity index (χ1v) is 11.2. The van der Waals surface area contributed by atoms with Crippen molar-refractivity contribution in [3.63, 3.8) is 0 Å². The van der Waals surface area contributed by atoms with Gasteiger partial charge in [-0.15, -0.1) is 0 Å². The van der Waals surface area contributed by atoms with Gasteiger partial charge >= 0.3 is 5.97 Å². The average Bonchev–Trinajstić information content (AvgIpc) is 2.74. The van der Waals surface area contributed by atoms with Crippen molar-refractivity contribution in [2.75, 3.05) is 0 Å². The summed E-state index contributed by atoms with van der Waals surface area (Å²) in [7, 11) is 0. The number of carbonyl (C=O) groups excluding carboxylic acids is 1. The molecule has 3 nitrogen and oxygen atoms in total. The fraction of sp³-hybridized carbons (Fsp3) is 0.519. The third-order valence-corrected chi connectivity index (χ3v) is 6.46. The molecule has 0 bridgehead atoms. The normalized spacial score (nSPS) is 13.0. The van der Waals surface area contributed by atoms with Crippen LogP contribution in [0.4, 0.5) is 0 Å². The Morgan fingerprint density at radius 2 is 1.30 bits per heavy atom. The van der Waals surface area contributed by atoms with Crippen molar-refractivity contribution in [1.29, 1.82) is 0 Å². The Labute approximate surface area is 182 Å². The second kappa shape index (κ2) is 10.1. The number of hydrogen-bond acceptors (Lipinski definition) is 3. The highest BCUT2D eigenvalue weighted by atomic mass is 16.5. The van der Waals surface area contributed by atoms with E-state index in [2.05, 4.69) is 72.7 Å². The fourth-order valence-electron chi connectivity index (χ4n) is 3.33. The van der Waals surface area contributed by atoms with Gasteiger partial charge in [0, 0.05) is 11.8 Å². The van der Waals surface area contributed by atoms with Gasteiger partial charge in [-0.05, 0) is 61.1 Å². The number of rotatable bonds is 10. The highest BCUT2D eigenvalue weighted by molar-refractivity contribution is 5.72. The molecule has 0 aliphatic carbocycles. The molecule has 0 heterocycles. The Balaban J connectivity index is 2.10. The van der Waals surface area contributed by atoms with Crippen molar-refractivity contribution in [3.8, 4) is 11.5 Å². The van der Waals surface area contributed by atoms with Gasteiger partial charge in [-0.1, -0.05) is 72.2 Å². The van der Waals surface area contributed by atoms with E-state index in [0.717, 1.165) is 25.0 Å². The Bertz CT molecular complexity index is 799. The van der Waals surface area contributed by atoms with E-state index in [0.29, 0.717) is 18.1 Å². The maximum absolute atomic E-state index is 12.0. The van der Waals surface area contributed by atoms with Crippen LogP contribution in [0.25, 0.3) is 0 Å². The van der Waals surface area contributed by atoms with Gasteiger partial charge < -0.3 is 9.47 Å². The monoisotopic (exact) mass is 410 g/mol. The summed E-state index contributed by atoms with van der Waals surface area (Å²) in [6, 6.07) is 16.3. The Kier molecular flexibility index (Phi) is 8.11. The van der Waals surface area contributed by atoms with Crippen LogP contribution in [0.15, 0.2) is 48.5 Å². The standard InChI is InChI=1S/C27H38O3/c1-8-20(4)19-25(28)29-23-15-11-21(12-16-23)26(5,6)22-13-17-24(18-14-22)30-27(7,9-2)10-3/h11-18,20H,8-10,19H2,1-7H3. The van der Waals surface area contributed by atoms with Crippen LogP contribution in [0.1, 0.15) is 85.3 Å². The first-order valence-electron chi connectivity index (χ1n) is 11.2. The molecule has 0 fully saturated rings. The lowest BCUT2D eigenvalue weighted by atomic mass is 9.78. The summed E-state index contributed by atoms with van der Waals surface area (Å²) in [5.74, 6) is 1.68. The van der Waals surface area contributed by atoms with Crippen LogP contribution in [0.3, 0.4) is 0 Å². The molecule has 0 aliphatic heterocycles. The number of hydrogen-bond donors (Lipinski definition) is 0. The lowest BCUT2D eigenvalue weighted by Gasteiger charge is -2.30. The maximum Gasteiger partial charge on any atom is 0.311 e. The van der Waals surface area contributed by atoms with Crippen molar-refractivity contribution in [2.24, 2.45) is 5.92 Å². The smallest absolute Gasteiger partial charge is 0.311 e. The molecule has 0 aliphatic rings. The molecule has 1 atom stereocenters. The molecule has 0 amide bonds. The van der Waals surface area contributed by atoms with Crippen LogP contribution >= 0.6 is 0 Å². The minimum atomic E-state index is -0.170. The van der Waals surface area contributed by atoms with Gasteiger partial charge in [0.1, 0.15) is 17.1 Å². The van der Waals surface area contributed by atoms with Crippen LogP contribution in [-0.2, 0) is 10.2 Å². The van der Waals surface area contributed by atoms with Gasteiger partial charge in [0.25, 0.3) is 0 Å². The van der Waals surface area contributed by atoms with E-state index in [1.165, 1.54) is 11.1 Å². The largest absolute Gasteiger partial charge is 0.488 e. The van der Waals surface area contributed by atoms with Gasteiger partial charge in [-0.25, -0.2) is 0 Å². The van der Waals surface area contributed by atoms with Crippen LogP contribution in [0, 0.1) is 5.92 Å². The van der Waals surface area contributed by atoms with E-state index >= 15 is 0 Å². The molecule has 1 unspecified atom stereocenters. The minimum absolute atomic E-state index is 0.126. The average molecular weight is 411 g/mol. The molecular formula is C27H38O3. The zero-order valence-electron chi connectivity index (χ0n) is 19.7. The van der Waals surface area contributed by atoms with Crippen molar-refractivity contribution >= 4 is 5.97 Å². The maximum atomic E-state index is 12.0. The minimum Gasteiger partial charge on any atom is -0.488 e. The zero-order chi connectivity index (χ0) is 22.4. The fourth-order valence-corrected chi connectivity index (χ4v) is 3.33. The molecule has 0 saturated carbocycles. The molecule has 2 aromatic rings. The number of ether oxygens (including phenoxy) is 2. The Morgan fingerprint density at radius 1 is 0.833 bits per heavy atom. The van der Waals surface area contributed by atoms with E-state index in [-0.39, 0.29) is 17.0 Å². The van der Waals surface area contributed by atoms with Gasteiger partial charge in [0.2, 0.25) is 0 Å². The van der Waals surface area contributed by atoms with Gasteiger partial charge in [0.05, 0.1) is 0 Å². The van der Waals surface area contributed by atoms with E-state index in [1.54, 1.807) is 0 Å². The summed E-state index contributed by atoms with van der Waals surface area (Å²) in [4.78, 5) is 12.0. The Morgan fingerprint density at radius 3 is 1.73 bits per heavy atom. The lowest BCUT2D eigenvalue weighted by Crippen LogP contribution is -2.30. The third-order valence-electron chi connectivity index (χ3n) is 6.46. The number of carbonyl (C=O) groups is 1. The molecule has 30 heavy (non-hydrogen) atoms. The first-order chi connectivity index (χ1) is 14.1. The predicted octanol–water partition coefficient (Wildman–Crippen LogP) is 7.31. The molecule has 0 N–H and O–H groups in total. The summed E-state index contributed by atoms with van der Waals surface area (Å²) in [6.45, 7) is 15.0. The van der Waals surface area contributed by atoms with Gasteiger partial charge in [-0.2, -0.15) is 0 Å². The molecule has 2 aromatic carbocycles. The van der Waals surface area contributed by atoms with Crippen molar-refractivity contribution < 1.29 is 14.3 Å². The lowest BCUT2D eigenvalue weighted by molar-refractivity contribution is -0.135. The summed E-state index contributed by atoms with van der Waals surface area (Å²) >= 11 is 0. The molecule has 0 saturated heterocycles. The molecule has 2 rings (SSSR count). The topological polar surface area (TPSA) is 35.5 Å². The van der Waals surface area contributed by atoms with E-state index in [4.69, 9.17) is 9.47 Å². The summed E-state index contributed by atoms with van der Waals surface area (Å²) in [5, 5.41) is 0. The highest BCUT2D eigenvalue weighted by Crippen LogP contribution is 2.34. The van der Waals surface area contributed by atoms with Crippen LogP contribution in [-0.4, -0.2) is 11.6 Å². The number of benzene rings is 2. The van der Waals surface area contributed by atoms with Crippen molar-refractivity contribution in [2.45, 2.75) is 85.2 Å². The van der Waals surface area contributed by atoms with Gasteiger partial charge in [0.15, 0.2) is 0 Å². The van der Waals surface area contributed by atoms with E-state index < -0.39 is 0 Å². The molecule has 0 aromatic heterocycles. The van der Waals surface area contributed by atoms with Crippen molar-refractivity contribution in [1.82, 2.24) is 0 Å². The van der Waals surface area contributed by atoms with Crippen molar-refractivity contribution in [3.05, 3.63) is 59.7 Å². The van der Waals surface area contributed by atoms with Crippen LogP contribution in [0.2, 0.25) is 0 Å². The quantitative estimate of drug-likeness (QED) is 0.304. The SMILES string of the molecule is CCC(C)CC(=O)Oc1ccc(C(C)(C)c2ccc(OC(C)(CC)CC)cc2)cc1. The summed E-state index contributed by atoms with van der Waals surface area (Å²) < 4.78 is 11.7. The van der Waals surface area contributed by atoms with E-state index in [9.17, 15) is 4.79 Å². The van der Waals surface area contributed by atoms with Crippen LogP contribution in [0.5, 0.6) is 11.5 Å². The molecule has 164 valence electrons. The van der Waals surface area contributed by atoms with Crippen LogP contribution < -0.4 is 9.47 Å². The molecule has 3 heteroatoms.